The Bertz CT molecular complexity index is 397. The highest BCUT2D eigenvalue weighted by Gasteiger charge is 2.33. The number of hydrogen-bond donors (Lipinski definition) is 3. The first-order chi connectivity index (χ1) is 8.14. The lowest BCUT2D eigenvalue weighted by Gasteiger charge is -2.24. The molecule has 0 aromatic carbocycles. The quantitative estimate of drug-likeness (QED) is 0.427. The number of likely N-dealkylation sites (N-methyl/N-ethyl adjacent to an activating group) is 1. The summed E-state index contributed by atoms with van der Waals surface area (Å²) in [6.07, 6.45) is 5.02. The molecule has 0 aliphatic heterocycles. The van der Waals surface area contributed by atoms with Gasteiger partial charge in [-0.1, -0.05) is 18.1 Å². The Kier molecular flexibility index (Phi) is 5.56. The number of nitrogens with zero attached hydrogens (tertiary/aromatic N) is 1. The second-order valence-electron chi connectivity index (χ2n) is 4.37. The predicted octanol–water partition coefficient (Wildman–Crippen LogP) is -0.247. The van der Waals surface area contributed by atoms with Gasteiger partial charge in [-0.2, -0.15) is 0 Å². The van der Waals surface area contributed by atoms with E-state index in [0.717, 1.165) is 0 Å². The Morgan fingerprint density at radius 1 is 1.50 bits per heavy atom. The van der Waals surface area contributed by atoms with Crippen molar-refractivity contribution in [3.63, 3.8) is 0 Å². The van der Waals surface area contributed by atoms with Crippen LogP contribution < -0.4 is 5.73 Å². The monoisotopic (exact) mass is 254 g/mol. The van der Waals surface area contributed by atoms with Crippen LogP contribution in [0.4, 0.5) is 0 Å². The first-order valence-corrected chi connectivity index (χ1v) is 5.20. The van der Waals surface area contributed by atoms with Crippen molar-refractivity contribution in [1.82, 2.24) is 4.90 Å². The van der Waals surface area contributed by atoms with Crippen LogP contribution in [0.15, 0.2) is 12.2 Å². The molecule has 6 nitrogen and oxygen atoms in total. The minimum absolute atomic E-state index is 0.0935. The third-order valence-corrected chi connectivity index (χ3v) is 2.56. The maximum Gasteiger partial charge on any atom is 0.336 e. The fourth-order valence-electron chi connectivity index (χ4n) is 1.42. The molecule has 18 heavy (non-hydrogen) atoms. The van der Waals surface area contributed by atoms with Gasteiger partial charge in [0.25, 0.3) is 0 Å². The summed E-state index contributed by atoms with van der Waals surface area (Å²) in [6, 6.07) is -0.784. The number of carboxylic acids is 2. The number of rotatable bonds is 7. The molecule has 0 aromatic rings. The van der Waals surface area contributed by atoms with Gasteiger partial charge in [-0.25, -0.2) is 4.79 Å². The molecule has 0 aliphatic rings. The van der Waals surface area contributed by atoms with Crippen molar-refractivity contribution in [1.29, 1.82) is 0 Å². The van der Waals surface area contributed by atoms with Gasteiger partial charge in [0.1, 0.15) is 6.04 Å². The molecule has 6 heteroatoms. The summed E-state index contributed by atoms with van der Waals surface area (Å²) in [5, 5.41) is 17.9. The van der Waals surface area contributed by atoms with Crippen molar-refractivity contribution in [2.75, 3.05) is 14.1 Å². The van der Waals surface area contributed by atoms with Crippen LogP contribution >= 0.6 is 0 Å². The van der Waals surface area contributed by atoms with E-state index in [1.807, 2.05) is 5.92 Å². The summed E-state index contributed by atoms with van der Waals surface area (Å²) in [6.45, 7) is 3.65. The van der Waals surface area contributed by atoms with Crippen LogP contribution in [0.1, 0.15) is 12.8 Å². The number of carbonyl (C=O) groups is 2. The van der Waals surface area contributed by atoms with Crippen LogP contribution in [0.2, 0.25) is 0 Å². The average Bonchev–Trinajstić information content (AvgIpc) is 2.24. The summed E-state index contributed by atoms with van der Waals surface area (Å²) in [7, 11) is 3.22. The third kappa shape index (κ3) is 4.20. The molecular weight excluding hydrogens is 236 g/mol. The summed E-state index contributed by atoms with van der Waals surface area (Å²) >= 11 is 0. The van der Waals surface area contributed by atoms with Gasteiger partial charge in [0, 0.05) is 6.42 Å². The lowest BCUT2D eigenvalue weighted by atomic mass is 9.90. The number of carboxylic acid groups (broad SMARTS) is 2. The van der Waals surface area contributed by atoms with E-state index in [0.29, 0.717) is 5.57 Å². The van der Waals surface area contributed by atoms with Gasteiger partial charge in [-0.05, 0) is 20.5 Å². The highest BCUT2D eigenvalue weighted by Crippen LogP contribution is 2.18. The van der Waals surface area contributed by atoms with Crippen LogP contribution in [0.3, 0.4) is 0 Å². The fraction of sp³-hybridized carbons (Fsp3) is 0.500. The standard InChI is InChI=1S/C12H18N2O4/c1-5-12(13,11(17)18)7-8(2)6-9(10(15)16)14(3)4/h1,9H,2,6-7,13H2,3-4H3,(H,15,16)(H,17,18). The molecule has 0 aliphatic carbocycles. The van der Waals surface area contributed by atoms with Gasteiger partial charge in [0.2, 0.25) is 0 Å². The first kappa shape index (κ1) is 16.2. The average molecular weight is 254 g/mol. The van der Waals surface area contributed by atoms with Gasteiger partial charge in [0.15, 0.2) is 5.54 Å². The van der Waals surface area contributed by atoms with Crippen LogP contribution in [-0.2, 0) is 9.59 Å². The molecule has 0 amide bonds. The molecule has 2 atom stereocenters. The van der Waals surface area contributed by atoms with E-state index in [1.165, 1.54) is 4.90 Å². The third-order valence-electron chi connectivity index (χ3n) is 2.56. The molecule has 0 saturated carbocycles. The zero-order valence-electron chi connectivity index (χ0n) is 10.5. The molecule has 0 heterocycles. The molecule has 2 unspecified atom stereocenters. The molecule has 100 valence electrons. The Morgan fingerprint density at radius 2 is 2.00 bits per heavy atom. The Labute approximate surface area is 106 Å². The van der Waals surface area contributed by atoms with Crippen LogP contribution in [0.25, 0.3) is 0 Å². The van der Waals surface area contributed by atoms with Crippen molar-refractivity contribution in [3.05, 3.63) is 12.2 Å². The minimum atomic E-state index is -1.84. The molecular formula is C12H18N2O4. The smallest absolute Gasteiger partial charge is 0.336 e. The molecule has 4 N–H and O–H groups in total. The van der Waals surface area contributed by atoms with Crippen molar-refractivity contribution in [2.45, 2.75) is 24.4 Å². The summed E-state index contributed by atoms with van der Waals surface area (Å²) in [5.74, 6) is -0.348. The van der Waals surface area contributed by atoms with E-state index < -0.39 is 23.5 Å². The minimum Gasteiger partial charge on any atom is -0.480 e. The second-order valence-corrected chi connectivity index (χ2v) is 4.37. The van der Waals surface area contributed by atoms with Crippen molar-refractivity contribution in [3.8, 4) is 12.3 Å². The topological polar surface area (TPSA) is 104 Å². The lowest BCUT2D eigenvalue weighted by Crippen LogP contribution is -2.47. The molecule has 0 saturated heterocycles. The number of nitrogens with two attached hydrogens (primary N) is 1. The van der Waals surface area contributed by atoms with Gasteiger partial charge in [-0.3, -0.25) is 9.69 Å². The lowest BCUT2D eigenvalue weighted by molar-refractivity contribution is -0.142. The van der Waals surface area contributed by atoms with Crippen LogP contribution in [0.5, 0.6) is 0 Å². The number of aliphatic carboxylic acids is 2. The summed E-state index contributed by atoms with van der Waals surface area (Å²) in [5.41, 5.74) is 4.06. The molecule has 0 aromatic heterocycles. The number of hydrogen-bond acceptors (Lipinski definition) is 4. The molecule has 0 spiro atoms. The van der Waals surface area contributed by atoms with E-state index in [9.17, 15) is 9.59 Å². The van der Waals surface area contributed by atoms with E-state index in [4.69, 9.17) is 22.4 Å². The van der Waals surface area contributed by atoms with Crippen molar-refractivity contribution < 1.29 is 19.8 Å². The van der Waals surface area contributed by atoms with E-state index >= 15 is 0 Å². The van der Waals surface area contributed by atoms with Crippen LogP contribution in [0, 0.1) is 12.3 Å². The molecule has 0 bridgehead atoms. The zero-order valence-corrected chi connectivity index (χ0v) is 10.5. The molecule has 0 rings (SSSR count). The highest BCUT2D eigenvalue weighted by molar-refractivity contribution is 5.83. The van der Waals surface area contributed by atoms with Gasteiger partial charge < -0.3 is 15.9 Å². The maximum absolute atomic E-state index is 11.0. The fourth-order valence-corrected chi connectivity index (χ4v) is 1.42. The summed E-state index contributed by atoms with van der Waals surface area (Å²) in [4.78, 5) is 23.4. The van der Waals surface area contributed by atoms with E-state index in [-0.39, 0.29) is 12.8 Å². The maximum atomic E-state index is 11.0. The van der Waals surface area contributed by atoms with Crippen molar-refractivity contribution >= 4 is 11.9 Å². The highest BCUT2D eigenvalue weighted by atomic mass is 16.4. The normalized spacial score (nSPS) is 15.5. The summed E-state index contributed by atoms with van der Waals surface area (Å²) < 4.78 is 0. The zero-order chi connectivity index (χ0) is 14.5. The SMILES string of the molecule is C#CC(N)(CC(=C)CC(C(=O)O)N(C)C)C(=O)O. The number of terminal acetylenes is 1. The second kappa shape index (κ2) is 6.19. The van der Waals surface area contributed by atoms with E-state index in [1.54, 1.807) is 14.1 Å². The van der Waals surface area contributed by atoms with E-state index in [2.05, 4.69) is 6.58 Å². The molecule has 0 radical (unpaired) electrons. The Morgan fingerprint density at radius 3 is 2.28 bits per heavy atom. The molecule has 0 fully saturated rings. The Hall–Kier alpha value is -1.84. The van der Waals surface area contributed by atoms with Crippen molar-refractivity contribution in [2.24, 2.45) is 5.73 Å². The van der Waals surface area contributed by atoms with Gasteiger partial charge in [0.05, 0.1) is 0 Å². The Balaban J connectivity index is 4.75. The van der Waals surface area contributed by atoms with Gasteiger partial charge >= 0.3 is 11.9 Å². The van der Waals surface area contributed by atoms with Crippen LogP contribution in [-0.4, -0.2) is 52.7 Å². The first-order valence-electron chi connectivity index (χ1n) is 5.20. The van der Waals surface area contributed by atoms with Gasteiger partial charge in [-0.15, -0.1) is 6.42 Å². The largest absolute Gasteiger partial charge is 0.480 e. The predicted molar refractivity (Wildman–Crippen MR) is 66.9 cm³/mol.